The number of hydrogen-bond donors (Lipinski definition) is 3. The van der Waals surface area contributed by atoms with E-state index in [1.807, 2.05) is 0 Å². The van der Waals surface area contributed by atoms with Crippen LogP contribution in [0.3, 0.4) is 0 Å². The topological polar surface area (TPSA) is 138 Å². The smallest absolute Gasteiger partial charge is 0.337 e. The normalized spacial score (nSPS) is 14.4. The van der Waals surface area contributed by atoms with E-state index in [9.17, 15) is 23.8 Å². The number of carboxylic acids is 2. The van der Waals surface area contributed by atoms with Gasteiger partial charge in [0.25, 0.3) is 0 Å². The third-order valence-corrected chi connectivity index (χ3v) is 5.24. The van der Waals surface area contributed by atoms with Crippen molar-refractivity contribution < 1.29 is 38.8 Å². The number of carboxylic acid groups (broad SMARTS) is 2. The first-order valence-corrected chi connectivity index (χ1v) is 9.10. The first-order valence-electron chi connectivity index (χ1n) is 7.07. The van der Waals surface area contributed by atoms with Crippen LogP contribution in [-0.2, 0) is 25.1 Å². The van der Waals surface area contributed by atoms with Crippen molar-refractivity contribution in [2.75, 3.05) is 13.3 Å². The predicted molar refractivity (Wildman–Crippen MR) is 84.2 cm³/mol. The summed E-state index contributed by atoms with van der Waals surface area (Å²) < 4.78 is 16.8. The van der Waals surface area contributed by atoms with Gasteiger partial charge in [0, 0.05) is 18.7 Å². The molecule has 3 N–H and O–H groups in total. The number of methoxy groups -OCH3 is 1. The zero-order chi connectivity index (χ0) is 18.3. The number of carbonyl (C=O) groups is 3. The zero-order valence-corrected chi connectivity index (χ0v) is 13.9. The average Bonchev–Trinajstić information content (AvgIpc) is 2.50. The monoisotopic (exact) mass is 358 g/mol. The molecule has 2 unspecified atom stereocenters. The summed E-state index contributed by atoms with van der Waals surface area (Å²) in [6, 6.07) is 5.87. The van der Waals surface area contributed by atoms with E-state index in [-0.39, 0.29) is 19.0 Å². The fraction of sp³-hybridized carbons (Fsp3) is 0.400. The second-order valence-corrected chi connectivity index (χ2v) is 7.72. The minimum absolute atomic E-state index is 0.212. The third kappa shape index (κ3) is 6.52. The molecular formula is C15H19O8P. The van der Waals surface area contributed by atoms with Gasteiger partial charge in [-0.1, -0.05) is 12.1 Å². The lowest BCUT2D eigenvalue weighted by Gasteiger charge is -2.17. The second-order valence-electron chi connectivity index (χ2n) is 5.34. The first-order chi connectivity index (χ1) is 11.1. The fourth-order valence-electron chi connectivity index (χ4n) is 2.15. The molecule has 0 aromatic heterocycles. The molecule has 9 heteroatoms. The van der Waals surface area contributed by atoms with Gasteiger partial charge in [-0.25, -0.2) is 4.79 Å². The Morgan fingerprint density at radius 1 is 1.17 bits per heavy atom. The van der Waals surface area contributed by atoms with Crippen LogP contribution in [0.2, 0.25) is 0 Å². The van der Waals surface area contributed by atoms with Crippen LogP contribution in [0, 0.1) is 5.92 Å². The standard InChI is InChI=1S/C15H19O8P/c1-23-15(20)11-4-2-10(3-5-11)8-24(21,22)9-12(14(18)19)6-7-13(16)17/h2-5,12H,6-9H2,1H3,(H,16,17)(H,18,19)(H,21,22). The van der Waals surface area contributed by atoms with Crippen LogP contribution in [0.15, 0.2) is 24.3 Å². The highest BCUT2D eigenvalue weighted by Gasteiger charge is 2.29. The molecule has 0 spiro atoms. The lowest BCUT2D eigenvalue weighted by atomic mass is 10.1. The van der Waals surface area contributed by atoms with Crippen LogP contribution in [0.25, 0.3) is 0 Å². The molecule has 24 heavy (non-hydrogen) atoms. The zero-order valence-electron chi connectivity index (χ0n) is 13.0. The maximum atomic E-state index is 12.3. The average molecular weight is 358 g/mol. The molecule has 0 radical (unpaired) electrons. The van der Waals surface area contributed by atoms with Crippen LogP contribution >= 0.6 is 7.37 Å². The van der Waals surface area contributed by atoms with Crippen molar-refractivity contribution in [3.05, 3.63) is 35.4 Å². The van der Waals surface area contributed by atoms with E-state index < -0.39 is 37.4 Å². The molecule has 0 aliphatic heterocycles. The van der Waals surface area contributed by atoms with E-state index in [4.69, 9.17) is 10.2 Å². The summed E-state index contributed by atoms with van der Waals surface area (Å²) in [4.78, 5) is 43.0. The quantitative estimate of drug-likeness (QED) is 0.449. The van der Waals surface area contributed by atoms with Crippen LogP contribution in [0.1, 0.15) is 28.8 Å². The summed E-state index contributed by atoms with van der Waals surface area (Å²) in [5, 5.41) is 17.7. The lowest BCUT2D eigenvalue weighted by molar-refractivity contribution is -0.142. The van der Waals surface area contributed by atoms with Gasteiger partial charge < -0.3 is 19.8 Å². The van der Waals surface area contributed by atoms with Gasteiger partial charge >= 0.3 is 17.9 Å². The van der Waals surface area contributed by atoms with Crippen molar-refractivity contribution in [3.63, 3.8) is 0 Å². The van der Waals surface area contributed by atoms with Gasteiger partial charge in [-0.3, -0.25) is 14.2 Å². The van der Waals surface area contributed by atoms with Gasteiger partial charge in [-0.05, 0) is 24.1 Å². The third-order valence-electron chi connectivity index (χ3n) is 3.37. The van der Waals surface area contributed by atoms with Gasteiger partial charge in [-0.2, -0.15) is 0 Å². The molecule has 2 atom stereocenters. The summed E-state index contributed by atoms with van der Waals surface area (Å²) in [6.07, 6.45) is -1.36. The summed E-state index contributed by atoms with van der Waals surface area (Å²) >= 11 is 0. The van der Waals surface area contributed by atoms with Crippen LogP contribution in [0.4, 0.5) is 0 Å². The highest BCUT2D eigenvalue weighted by Crippen LogP contribution is 2.46. The molecule has 0 saturated heterocycles. The number of esters is 1. The van der Waals surface area contributed by atoms with Gasteiger partial charge in [0.05, 0.1) is 18.6 Å². The van der Waals surface area contributed by atoms with Crippen molar-refractivity contribution >= 4 is 25.3 Å². The maximum absolute atomic E-state index is 12.3. The van der Waals surface area contributed by atoms with E-state index in [1.54, 1.807) is 0 Å². The predicted octanol–water partition coefficient (Wildman–Crippen LogP) is 1.81. The summed E-state index contributed by atoms with van der Waals surface area (Å²) in [5.41, 5.74) is 0.759. The number of hydrogen-bond acceptors (Lipinski definition) is 5. The van der Waals surface area contributed by atoms with E-state index in [0.29, 0.717) is 11.1 Å². The highest BCUT2D eigenvalue weighted by atomic mass is 31.2. The largest absolute Gasteiger partial charge is 0.481 e. The maximum Gasteiger partial charge on any atom is 0.337 e. The SMILES string of the molecule is COC(=O)c1ccc(CP(=O)(O)CC(CCC(=O)O)C(=O)O)cc1. The molecule has 8 nitrogen and oxygen atoms in total. The summed E-state index contributed by atoms with van der Waals surface area (Å²) in [7, 11) is -2.58. The van der Waals surface area contributed by atoms with Crippen LogP contribution in [0.5, 0.6) is 0 Å². The number of aliphatic carboxylic acids is 2. The Morgan fingerprint density at radius 2 is 1.75 bits per heavy atom. The van der Waals surface area contributed by atoms with Crippen LogP contribution in [-0.4, -0.2) is 46.3 Å². The first kappa shape index (κ1) is 19.9. The molecule has 1 aromatic rings. The lowest BCUT2D eigenvalue weighted by Crippen LogP contribution is -2.20. The number of benzene rings is 1. The van der Waals surface area contributed by atoms with E-state index in [0.717, 1.165) is 0 Å². The molecular weight excluding hydrogens is 339 g/mol. The molecule has 0 amide bonds. The van der Waals surface area contributed by atoms with Crippen molar-refractivity contribution in [1.29, 1.82) is 0 Å². The minimum atomic E-state index is -3.82. The van der Waals surface area contributed by atoms with Gasteiger partial charge in [0.1, 0.15) is 0 Å². The number of carbonyl (C=O) groups excluding carboxylic acids is 1. The Balaban J connectivity index is 2.76. The minimum Gasteiger partial charge on any atom is -0.481 e. The molecule has 0 heterocycles. The molecule has 0 fully saturated rings. The Morgan fingerprint density at radius 3 is 2.21 bits per heavy atom. The molecule has 132 valence electrons. The Hall–Kier alpha value is -2.18. The van der Waals surface area contributed by atoms with Gasteiger partial charge in [0.2, 0.25) is 7.37 Å². The van der Waals surface area contributed by atoms with Crippen molar-refractivity contribution in [3.8, 4) is 0 Å². The van der Waals surface area contributed by atoms with E-state index in [1.165, 1.54) is 31.4 Å². The molecule has 0 aliphatic rings. The second kappa shape index (κ2) is 8.61. The molecule has 1 rings (SSSR count). The fourth-order valence-corrected chi connectivity index (χ4v) is 4.09. The summed E-state index contributed by atoms with van der Waals surface area (Å²) in [5.74, 6) is -4.20. The van der Waals surface area contributed by atoms with Crippen molar-refractivity contribution in [2.45, 2.75) is 19.0 Å². The van der Waals surface area contributed by atoms with Gasteiger partial charge in [-0.15, -0.1) is 0 Å². The van der Waals surface area contributed by atoms with Crippen LogP contribution < -0.4 is 0 Å². The molecule has 0 aliphatic carbocycles. The van der Waals surface area contributed by atoms with E-state index >= 15 is 0 Å². The highest BCUT2D eigenvalue weighted by molar-refractivity contribution is 7.57. The molecule has 0 bridgehead atoms. The van der Waals surface area contributed by atoms with E-state index in [2.05, 4.69) is 4.74 Å². The Bertz CT molecular complexity index is 652. The molecule has 0 saturated carbocycles. The Kier molecular flexibility index (Phi) is 7.13. The van der Waals surface area contributed by atoms with Gasteiger partial charge in [0.15, 0.2) is 0 Å². The summed E-state index contributed by atoms with van der Waals surface area (Å²) in [6.45, 7) is 0. The molecule has 1 aromatic carbocycles. The number of ether oxygens (including phenoxy) is 1. The Labute approximate surface area is 138 Å². The number of rotatable bonds is 9. The van der Waals surface area contributed by atoms with Crippen molar-refractivity contribution in [1.82, 2.24) is 0 Å². The van der Waals surface area contributed by atoms with Crippen molar-refractivity contribution in [2.24, 2.45) is 5.92 Å².